The maximum absolute atomic E-state index is 5.60. The van der Waals surface area contributed by atoms with Crippen LogP contribution in [0.4, 0.5) is 0 Å². The van der Waals surface area contributed by atoms with Crippen molar-refractivity contribution in [1.29, 1.82) is 0 Å². The normalized spacial score (nSPS) is 18.6. The molecule has 3 aromatic rings. The molecule has 0 spiro atoms. The molecule has 0 radical (unpaired) electrons. The third-order valence-electron chi connectivity index (χ3n) is 5.56. The molecule has 1 N–H and O–H groups in total. The standard InChI is InChI=1S/C22H24N2OS/c1-2-25-16-11-9-15(10-12-16)21-19-7-5-13-24(19)22-18(14-23-21)17-6-3-4-8-20(17)26-22/h5,7,9-13,21,23H,2-4,6,8,14H2,1H3/t21-/m0/s1. The Hall–Kier alpha value is -2.04. The highest BCUT2D eigenvalue weighted by atomic mass is 32.1. The van der Waals surface area contributed by atoms with E-state index in [1.54, 1.807) is 10.4 Å². The summed E-state index contributed by atoms with van der Waals surface area (Å²) >= 11 is 2.01. The fraction of sp³-hybridized carbons (Fsp3) is 0.364. The fourth-order valence-corrected chi connectivity index (χ4v) is 5.74. The highest BCUT2D eigenvalue weighted by Gasteiger charge is 2.28. The van der Waals surface area contributed by atoms with Crippen LogP contribution < -0.4 is 10.1 Å². The zero-order valence-corrected chi connectivity index (χ0v) is 15.9. The van der Waals surface area contributed by atoms with Crippen molar-refractivity contribution >= 4 is 11.3 Å². The smallest absolute Gasteiger partial charge is 0.119 e. The number of benzene rings is 1. The highest BCUT2D eigenvalue weighted by Crippen LogP contribution is 2.40. The van der Waals surface area contributed by atoms with Gasteiger partial charge in [0.05, 0.1) is 12.6 Å². The summed E-state index contributed by atoms with van der Waals surface area (Å²) in [5, 5.41) is 5.26. The van der Waals surface area contributed by atoms with E-state index in [-0.39, 0.29) is 6.04 Å². The lowest BCUT2D eigenvalue weighted by atomic mass is 9.95. The molecule has 1 aliphatic carbocycles. The Morgan fingerprint density at radius 1 is 1.12 bits per heavy atom. The minimum Gasteiger partial charge on any atom is -0.494 e. The summed E-state index contributed by atoms with van der Waals surface area (Å²) in [6.45, 7) is 3.67. The van der Waals surface area contributed by atoms with E-state index in [9.17, 15) is 0 Å². The zero-order chi connectivity index (χ0) is 17.5. The average molecular weight is 365 g/mol. The number of rotatable bonds is 3. The third-order valence-corrected chi connectivity index (χ3v) is 6.90. The summed E-state index contributed by atoms with van der Waals surface area (Å²) in [6, 6.07) is 13.2. The molecule has 0 saturated carbocycles. The summed E-state index contributed by atoms with van der Waals surface area (Å²) in [6.07, 6.45) is 7.40. The van der Waals surface area contributed by atoms with Crippen molar-refractivity contribution in [3.63, 3.8) is 0 Å². The second-order valence-electron chi connectivity index (χ2n) is 7.11. The van der Waals surface area contributed by atoms with Gasteiger partial charge >= 0.3 is 0 Å². The predicted octanol–water partition coefficient (Wildman–Crippen LogP) is 5.01. The van der Waals surface area contributed by atoms with Gasteiger partial charge in [-0.15, -0.1) is 11.3 Å². The lowest BCUT2D eigenvalue weighted by Crippen LogP contribution is -2.21. The minimum absolute atomic E-state index is 0.208. The molecule has 0 unspecified atom stereocenters. The Balaban J connectivity index is 1.55. The van der Waals surface area contributed by atoms with Crippen LogP contribution in [0.2, 0.25) is 0 Å². The molecule has 2 aliphatic rings. The van der Waals surface area contributed by atoms with Gasteiger partial charge in [-0.25, -0.2) is 0 Å². The van der Waals surface area contributed by atoms with Crippen molar-refractivity contribution in [1.82, 2.24) is 9.88 Å². The maximum atomic E-state index is 5.60. The number of thiophene rings is 1. The van der Waals surface area contributed by atoms with Crippen LogP contribution in [0.15, 0.2) is 42.6 Å². The van der Waals surface area contributed by atoms with Gasteiger partial charge in [0.25, 0.3) is 0 Å². The van der Waals surface area contributed by atoms with Crippen molar-refractivity contribution in [2.45, 2.75) is 45.2 Å². The number of hydrogen-bond acceptors (Lipinski definition) is 3. The summed E-state index contributed by atoms with van der Waals surface area (Å²) < 4.78 is 8.02. The van der Waals surface area contributed by atoms with E-state index in [2.05, 4.69) is 52.5 Å². The Morgan fingerprint density at radius 3 is 2.81 bits per heavy atom. The largest absolute Gasteiger partial charge is 0.494 e. The third kappa shape index (κ3) is 2.60. The first-order valence-electron chi connectivity index (χ1n) is 9.62. The topological polar surface area (TPSA) is 26.2 Å². The van der Waals surface area contributed by atoms with E-state index in [1.807, 2.05) is 18.3 Å². The summed E-state index contributed by atoms with van der Waals surface area (Å²) in [5.74, 6) is 0.938. The monoisotopic (exact) mass is 364 g/mol. The second-order valence-corrected chi connectivity index (χ2v) is 8.20. The van der Waals surface area contributed by atoms with Crippen LogP contribution in [0, 0.1) is 0 Å². The molecular weight excluding hydrogens is 340 g/mol. The van der Waals surface area contributed by atoms with Gasteiger partial charge in [-0.1, -0.05) is 12.1 Å². The van der Waals surface area contributed by atoms with E-state index in [0.29, 0.717) is 6.61 Å². The molecule has 5 rings (SSSR count). The second kappa shape index (κ2) is 6.60. The van der Waals surface area contributed by atoms with Gasteiger partial charge in [-0.05, 0) is 68.0 Å². The number of ether oxygens (including phenoxy) is 1. The van der Waals surface area contributed by atoms with E-state index in [0.717, 1.165) is 12.3 Å². The van der Waals surface area contributed by atoms with Crippen LogP contribution in [0.1, 0.15) is 53.1 Å². The van der Waals surface area contributed by atoms with Crippen LogP contribution in [0.3, 0.4) is 0 Å². The van der Waals surface area contributed by atoms with Crippen molar-refractivity contribution < 1.29 is 4.74 Å². The number of nitrogens with zero attached hydrogens (tertiary/aromatic N) is 1. The van der Waals surface area contributed by atoms with Crippen molar-refractivity contribution in [3.05, 3.63) is 69.9 Å². The highest BCUT2D eigenvalue weighted by molar-refractivity contribution is 7.15. The van der Waals surface area contributed by atoms with Gasteiger partial charge < -0.3 is 14.6 Å². The first-order chi connectivity index (χ1) is 12.8. The molecule has 0 amide bonds. The number of nitrogens with one attached hydrogen (secondary N) is 1. The summed E-state index contributed by atoms with van der Waals surface area (Å²) in [4.78, 5) is 1.61. The van der Waals surface area contributed by atoms with Crippen molar-refractivity contribution in [3.8, 4) is 10.8 Å². The number of aryl methyl sites for hydroxylation is 1. The first kappa shape index (κ1) is 16.2. The Morgan fingerprint density at radius 2 is 1.96 bits per heavy atom. The molecule has 0 saturated heterocycles. The summed E-state index contributed by atoms with van der Waals surface area (Å²) in [7, 11) is 0. The van der Waals surface area contributed by atoms with Crippen LogP contribution in [-0.4, -0.2) is 11.2 Å². The van der Waals surface area contributed by atoms with E-state index >= 15 is 0 Å². The molecule has 1 aromatic carbocycles. The van der Waals surface area contributed by atoms with E-state index < -0.39 is 0 Å². The average Bonchev–Trinajstić information content (AvgIpc) is 3.25. The lowest BCUT2D eigenvalue weighted by Gasteiger charge is -2.19. The van der Waals surface area contributed by atoms with Crippen LogP contribution in [-0.2, 0) is 19.4 Å². The Kier molecular flexibility index (Phi) is 4.10. The predicted molar refractivity (Wildman–Crippen MR) is 107 cm³/mol. The Bertz CT molecular complexity index is 922. The van der Waals surface area contributed by atoms with Crippen molar-refractivity contribution in [2.75, 3.05) is 6.61 Å². The van der Waals surface area contributed by atoms with Gasteiger partial charge in [0.15, 0.2) is 0 Å². The quantitative estimate of drug-likeness (QED) is 0.707. The van der Waals surface area contributed by atoms with Gasteiger partial charge in [-0.3, -0.25) is 0 Å². The first-order valence-corrected chi connectivity index (χ1v) is 10.4. The molecule has 2 aromatic heterocycles. The molecule has 0 bridgehead atoms. The van der Waals surface area contributed by atoms with Gasteiger partial charge in [-0.2, -0.15) is 0 Å². The molecule has 134 valence electrons. The molecule has 3 nitrogen and oxygen atoms in total. The zero-order valence-electron chi connectivity index (χ0n) is 15.1. The molecule has 1 aliphatic heterocycles. The van der Waals surface area contributed by atoms with Crippen LogP contribution in [0.25, 0.3) is 5.00 Å². The molecule has 1 atom stereocenters. The molecule has 4 heteroatoms. The Labute approximate surface area is 158 Å². The number of aromatic nitrogens is 1. The van der Waals surface area contributed by atoms with Gasteiger partial charge in [0.1, 0.15) is 10.8 Å². The van der Waals surface area contributed by atoms with Gasteiger partial charge in [0.2, 0.25) is 0 Å². The van der Waals surface area contributed by atoms with Gasteiger partial charge in [0, 0.05) is 28.9 Å². The fourth-order valence-electron chi connectivity index (χ4n) is 4.33. The van der Waals surface area contributed by atoms with Crippen molar-refractivity contribution in [2.24, 2.45) is 0 Å². The summed E-state index contributed by atoms with van der Waals surface area (Å²) in [5.41, 5.74) is 5.76. The number of fused-ring (bicyclic) bond motifs is 5. The van der Waals surface area contributed by atoms with E-state index in [4.69, 9.17) is 4.74 Å². The SMILES string of the molecule is CCOc1ccc([C@@H]2NCc3c(sc4c3CCCC4)-n3cccc32)cc1. The van der Waals surface area contributed by atoms with E-state index in [1.165, 1.54) is 47.5 Å². The number of hydrogen-bond donors (Lipinski definition) is 1. The lowest BCUT2D eigenvalue weighted by molar-refractivity contribution is 0.340. The van der Waals surface area contributed by atoms with Crippen LogP contribution >= 0.6 is 11.3 Å². The molecular formula is C22H24N2OS. The van der Waals surface area contributed by atoms with Crippen LogP contribution in [0.5, 0.6) is 5.75 Å². The molecule has 3 heterocycles. The maximum Gasteiger partial charge on any atom is 0.119 e. The molecule has 0 fully saturated rings. The minimum atomic E-state index is 0.208. The molecule has 26 heavy (non-hydrogen) atoms.